The lowest BCUT2D eigenvalue weighted by molar-refractivity contribution is -0.136. The average molecular weight is 431 g/mol. The Morgan fingerprint density at radius 1 is 1.22 bits per heavy atom. The number of aryl methyl sites for hydroxylation is 1. The third-order valence-corrected chi connectivity index (χ3v) is 5.66. The fourth-order valence-corrected chi connectivity index (χ4v) is 3.92. The van der Waals surface area contributed by atoms with Crippen LogP contribution in [0.15, 0.2) is 36.4 Å². The molecule has 1 unspecified atom stereocenters. The number of fused-ring (bicyclic) bond motifs is 1. The summed E-state index contributed by atoms with van der Waals surface area (Å²) in [4.78, 5) is 50.0. The highest BCUT2D eigenvalue weighted by Crippen LogP contribution is 2.28. The lowest BCUT2D eigenvalue weighted by Crippen LogP contribution is -2.52. The number of nitriles is 1. The van der Waals surface area contributed by atoms with Gasteiger partial charge in [0.25, 0.3) is 5.91 Å². The Kier molecular flexibility index (Phi) is 5.60. The van der Waals surface area contributed by atoms with Gasteiger partial charge in [-0.2, -0.15) is 5.26 Å². The second-order valence-electron chi connectivity index (χ2n) is 7.84. The van der Waals surface area contributed by atoms with Crippen molar-refractivity contribution in [2.24, 2.45) is 0 Å². The zero-order valence-electron chi connectivity index (χ0n) is 17.4. The summed E-state index contributed by atoms with van der Waals surface area (Å²) in [5.74, 6) is -1.01. The van der Waals surface area contributed by atoms with E-state index in [2.05, 4.69) is 22.0 Å². The molecule has 9 heteroatoms. The molecule has 0 radical (unpaired) electrons. The summed E-state index contributed by atoms with van der Waals surface area (Å²) < 4.78 is 0. The number of amides is 5. The first-order chi connectivity index (χ1) is 15.4. The molecular formula is C23H21N5O4. The van der Waals surface area contributed by atoms with E-state index < -0.39 is 18.0 Å². The molecule has 9 nitrogen and oxygen atoms in total. The van der Waals surface area contributed by atoms with Gasteiger partial charge in [-0.25, -0.2) is 4.79 Å². The van der Waals surface area contributed by atoms with Crippen molar-refractivity contribution in [1.29, 1.82) is 5.26 Å². The van der Waals surface area contributed by atoms with Crippen LogP contribution in [-0.4, -0.2) is 34.7 Å². The smallest absolute Gasteiger partial charge is 0.319 e. The molecule has 2 heterocycles. The number of nitrogens with one attached hydrogen (secondary N) is 3. The average Bonchev–Trinajstić information content (AvgIpc) is 3.09. The molecule has 0 aromatic heterocycles. The Morgan fingerprint density at radius 2 is 2.03 bits per heavy atom. The van der Waals surface area contributed by atoms with Crippen LogP contribution in [0.25, 0.3) is 0 Å². The number of rotatable bonds is 4. The van der Waals surface area contributed by atoms with Gasteiger partial charge in [-0.1, -0.05) is 18.2 Å². The number of nitrogens with zero attached hydrogens (tertiary/aromatic N) is 2. The molecular weight excluding hydrogens is 410 g/mol. The van der Waals surface area contributed by atoms with Gasteiger partial charge in [-0.3, -0.25) is 19.7 Å². The largest absolute Gasteiger partial charge is 0.334 e. The third-order valence-electron chi connectivity index (χ3n) is 5.66. The molecule has 32 heavy (non-hydrogen) atoms. The van der Waals surface area contributed by atoms with E-state index >= 15 is 0 Å². The van der Waals surface area contributed by atoms with Gasteiger partial charge < -0.3 is 15.5 Å². The predicted molar refractivity (Wildman–Crippen MR) is 114 cm³/mol. The van der Waals surface area contributed by atoms with Crippen molar-refractivity contribution in [3.05, 3.63) is 64.2 Å². The van der Waals surface area contributed by atoms with Crippen LogP contribution in [-0.2, 0) is 22.7 Å². The lowest BCUT2D eigenvalue weighted by atomic mass is 10.0. The number of carbonyl (C=O) groups is 4. The zero-order chi connectivity index (χ0) is 22.8. The van der Waals surface area contributed by atoms with Gasteiger partial charge in [0.1, 0.15) is 6.04 Å². The quantitative estimate of drug-likeness (QED) is 0.637. The number of piperidine rings is 1. The second kappa shape index (κ2) is 8.51. The highest BCUT2D eigenvalue weighted by molar-refractivity contribution is 6.05. The van der Waals surface area contributed by atoms with Crippen molar-refractivity contribution in [1.82, 2.24) is 15.5 Å². The molecule has 2 aliphatic rings. The molecule has 2 aliphatic heterocycles. The minimum absolute atomic E-state index is 0.206. The molecule has 1 atom stereocenters. The van der Waals surface area contributed by atoms with Gasteiger partial charge in [0.2, 0.25) is 11.8 Å². The summed E-state index contributed by atoms with van der Waals surface area (Å²) in [5, 5.41) is 16.8. The summed E-state index contributed by atoms with van der Waals surface area (Å²) in [6.45, 7) is 2.34. The first kappa shape index (κ1) is 21.1. The molecule has 0 saturated carbocycles. The highest BCUT2D eigenvalue weighted by atomic mass is 16.2. The molecule has 0 bridgehead atoms. The van der Waals surface area contributed by atoms with Crippen molar-refractivity contribution in [3.8, 4) is 6.07 Å². The van der Waals surface area contributed by atoms with Crippen LogP contribution in [0.3, 0.4) is 0 Å². The minimum atomic E-state index is -0.659. The SMILES string of the molecule is Cc1ccc(NC(=O)NCc2ccc3c(c2)CN(C2CCC(=O)NC2=O)C3=O)cc1C#N. The van der Waals surface area contributed by atoms with E-state index in [1.165, 1.54) is 4.90 Å². The number of imide groups is 1. The Balaban J connectivity index is 1.38. The number of anilines is 1. The van der Waals surface area contributed by atoms with E-state index in [0.29, 0.717) is 23.2 Å². The minimum Gasteiger partial charge on any atom is -0.334 e. The molecule has 0 spiro atoms. The second-order valence-corrected chi connectivity index (χ2v) is 7.84. The van der Waals surface area contributed by atoms with E-state index in [1.54, 1.807) is 30.3 Å². The number of hydrogen-bond donors (Lipinski definition) is 3. The highest BCUT2D eigenvalue weighted by Gasteiger charge is 2.39. The van der Waals surface area contributed by atoms with Crippen molar-refractivity contribution in [2.45, 2.75) is 38.9 Å². The number of carbonyl (C=O) groups excluding carboxylic acids is 4. The first-order valence-electron chi connectivity index (χ1n) is 10.2. The number of urea groups is 1. The normalized spacial score (nSPS) is 17.4. The fourth-order valence-electron chi connectivity index (χ4n) is 3.92. The number of hydrogen-bond acceptors (Lipinski definition) is 5. The van der Waals surface area contributed by atoms with Crippen LogP contribution in [0.5, 0.6) is 0 Å². The molecule has 3 N–H and O–H groups in total. The summed E-state index contributed by atoms with van der Waals surface area (Å²) >= 11 is 0. The van der Waals surface area contributed by atoms with Crippen LogP contribution in [0.4, 0.5) is 10.5 Å². The van der Waals surface area contributed by atoms with Gasteiger partial charge in [0.15, 0.2) is 0 Å². The van der Waals surface area contributed by atoms with Crippen LogP contribution < -0.4 is 16.0 Å². The van der Waals surface area contributed by atoms with Gasteiger partial charge in [0.05, 0.1) is 11.6 Å². The van der Waals surface area contributed by atoms with E-state index in [4.69, 9.17) is 5.26 Å². The lowest BCUT2D eigenvalue weighted by Gasteiger charge is -2.29. The van der Waals surface area contributed by atoms with Crippen molar-refractivity contribution in [3.63, 3.8) is 0 Å². The zero-order valence-corrected chi connectivity index (χ0v) is 17.4. The maximum absolute atomic E-state index is 12.7. The van der Waals surface area contributed by atoms with Crippen LogP contribution in [0.1, 0.15) is 45.5 Å². The Bertz CT molecular complexity index is 1180. The van der Waals surface area contributed by atoms with Crippen molar-refractivity contribution < 1.29 is 19.2 Å². The Labute approximate surface area is 184 Å². The Hall–Kier alpha value is -4.19. The molecule has 1 fully saturated rings. The summed E-state index contributed by atoms with van der Waals surface area (Å²) in [6.07, 6.45) is 0.517. The molecule has 2 aromatic carbocycles. The molecule has 0 aliphatic carbocycles. The molecule has 2 aromatic rings. The number of benzene rings is 2. The molecule has 4 rings (SSSR count). The molecule has 5 amide bonds. The monoisotopic (exact) mass is 431 g/mol. The maximum atomic E-state index is 12.7. The molecule has 162 valence electrons. The van der Waals surface area contributed by atoms with Gasteiger partial charge in [0, 0.05) is 30.8 Å². The van der Waals surface area contributed by atoms with Crippen LogP contribution in [0, 0.1) is 18.3 Å². The van der Waals surface area contributed by atoms with Gasteiger partial charge in [-0.15, -0.1) is 0 Å². The summed E-state index contributed by atoms with van der Waals surface area (Å²) in [5.41, 5.74) is 3.94. The van der Waals surface area contributed by atoms with E-state index in [1.807, 2.05) is 13.0 Å². The van der Waals surface area contributed by atoms with Crippen molar-refractivity contribution in [2.75, 3.05) is 5.32 Å². The maximum Gasteiger partial charge on any atom is 0.319 e. The Morgan fingerprint density at radius 3 is 2.78 bits per heavy atom. The van der Waals surface area contributed by atoms with E-state index in [-0.39, 0.29) is 31.3 Å². The van der Waals surface area contributed by atoms with Crippen LogP contribution >= 0.6 is 0 Å². The van der Waals surface area contributed by atoms with E-state index in [9.17, 15) is 19.2 Å². The topological polar surface area (TPSA) is 131 Å². The first-order valence-corrected chi connectivity index (χ1v) is 10.2. The third kappa shape index (κ3) is 4.16. The predicted octanol–water partition coefficient (Wildman–Crippen LogP) is 1.95. The molecule has 1 saturated heterocycles. The van der Waals surface area contributed by atoms with Crippen LogP contribution in [0.2, 0.25) is 0 Å². The summed E-state index contributed by atoms with van der Waals surface area (Å²) in [7, 11) is 0. The summed E-state index contributed by atoms with van der Waals surface area (Å²) in [6, 6.07) is 11.4. The van der Waals surface area contributed by atoms with E-state index in [0.717, 1.165) is 16.7 Å². The standard InChI is InChI=1S/C23H21N5O4/c1-13-2-4-17(9-15(13)10-24)26-23(32)25-11-14-3-5-18-16(8-14)12-28(22(18)31)19-6-7-20(29)27-21(19)30/h2-5,8-9,19H,6-7,11-12H2,1H3,(H2,25,26,32)(H,27,29,30). The van der Waals surface area contributed by atoms with Gasteiger partial charge in [-0.05, 0) is 48.2 Å². The van der Waals surface area contributed by atoms with Crippen molar-refractivity contribution >= 4 is 29.4 Å². The van der Waals surface area contributed by atoms with Gasteiger partial charge >= 0.3 is 6.03 Å². The fraction of sp³-hybridized carbons (Fsp3) is 0.261.